The average Bonchev–Trinajstić information content (AvgIpc) is 2.47. The van der Waals surface area contributed by atoms with Gasteiger partial charge in [0.15, 0.2) is 0 Å². The van der Waals surface area contributed by atoms with Crippen LogP contribution < -0.4 is 11.1 Å². The molecule has 0 aromatic carbocycles. The van der Waals surface area contributed by atoms with Gasteiger partial charge in [0.1, 0.15) is 0 Å². The van der Waals surface area contributed by atoms with Crippen LogP contribution in [-0.2, 0) is 9.59 Å². The number of likely N-dealkylation sites (tertiary alicyclic amines) is 1. The van der Waals surface area contributed by atoms with Gasteiger partial charge in [-0.1, -0.05) is 13.3 Å². The van der Waals surface area contributed by atoms with Crippen LogP contribution in [0.3, 0.4) is 0 Å². The summed E-state index contributed by atoms with van der Waals surface area (Å²) < 4.78 is 0. The Balaban J connectivity index is 2.12. The predicted octanol–water partition coefficient (Wildman–Crippen LogP) is 1.66. The highest BCUT2D eigenvalue weighted by atomic mass is 16.2. The fourth-order valence-electron chi connectivity index (χ4n) is 2.65. The minimum atomic E-state index is -0.00570. The Bertz CT molecular complexity index is 325. The van der Waals surface area contributed by atoms with Crippen LogP contribution >= 0.6 is 0 Å². The van der Waals surface area contributed by atoms with Gasteiger partial charge in [-0.05, 0) is 39.0 Å². The maximum atomic E-state index is 12.0. The largest absolute Gasteiger partial charge is 0.355 e. The first-order chi connectivity index (χ1) is 10.0. The van der Waals surface area contributed by atoms with Crippen molar-refractivity contribution >= 4 is 11.8 Å². The Morgan fingerprint density at radius 1 is 1.14 bits per heavy atom. The van der Waals surface area contributed by atoms with Gasteiger partial charge < -0.3 is 16.0 Å². The molecule has 2 amide bonds. The predicted molar refractivity (Wildman–Crippen MR) is 84.7 cm³/mol. The molecule has 3 N–H and O–H groups in total. The minimum absolute atomic E-state index is 0.00570. The molecule has 5 nitrogen and oxygen atoms in total. The highest BCUT2D eigenvalue weighted by Crippen LogP contribution is 2.10. The zero-order valence-corrected chi connectivity index (χ0v) is 13.6. The lowest BCUT2D eigenvalue weighted by atomic mass is 10.0. The summed E-state index contributed by atoms with van der Waals surface area (Å²) in [6.45, 7) is 6.12. The molecule has 0 spiro atoms. The number of rotatable bonds is 8. The number of carbonyl (C=O) groups excluding carboxylic acids is 2. The molecule has 0 radical (unpaired) electrons. The number of hydrogen-bond acceptors (Lipinski definition) is 3. The van der Waals surface area contributed by atoms with Crippen molar-refractivity contribution in [2.45, 2.75) is 64.8 Å². The highest BCUT2D eigenvalue weighted by molar-refractivity contribution is 5.80. The van der Waals surface area contributed by atoms with E-state index in [4.69, 9.17) is 5.73 Å². The smallest absolute Gasteiger partial charge is 0.224 e. The summed E-state index contributed by atoms with van der Waals surface area (Å²) in [6, 6.07) is 0.197. The van der Waals surface area contributed by atoms with Crippen LogP contribution in [-0.4, -0.2) is 42.4 Å². The van der Waals surface area contributed by atoms with Crippen molar-refractivity contribution in [1.82, 2.24) is 10.2 Å². The van der Waals surface area contributed by atoms with Gasteiger partial charge in [-0.3, -0.25) is 9.59 Å². The Hall–Kier alpha value is -1.10. The van der Waals surface area contributed by atoms with Crippen molar-refractivity contribution in [2.75, 3.05) is 19.6 Å². The second-order valence-electron chi connectivity index (χ2n) is 6.29. The topological polar surface area (TPSA) is 75.4 Å². The minimum Gasteiger partial charge on any atom is -0.355 e. The number of nitrogens with zero attached hydrogens (tertiary/aromatic N) is 1. The Labute approximate surface area is 128 Å². The molecule has 5 heteroatoms. The van der Waals surface area contributed by atoms with Crippen LogP contribution in [0.5, 0.6) is 0 Å². The molecule has 1 aliphatic rings. The monoisotopic (exact) mass is 297 g/mol. The number of hydrogen-bond donors (Lipinski definition) is 2. The van der Waals surface area contributed by atoms with Gasteiger partial charge in [0.25, 0.3) is 0 Å². The van der Waals surface area contributed by atoms with Gasteiger partial charge in [0.05, 0.1) is 0 Å². The standard InChI is InChI=1S/C16H31N3O2/c1-13(7-6-8-14(2)17)16(21)18-10-9-15(20)19-11-4-3-5-12-19/h13-14H,3-12,17H2,1-2H3,(H,18,21). The summed E-state index contributed by atoms with van der Waals surface area (Å²) in [7, 11) is 0. The number of amides is 2. The molecule has 0 aromatic rings. The Morgan fingerprint density at radius 3 is 2.43 bits per heavy atom. The number of piperidine rings is 1. The SMILES string of the molecule is CC(N)CCCC(C)C(=O)NCCC(=O)N1CCCCC1. The van der Waals surface area contributed by atoms with E-state index in [1.165, 1.54) is 6.42 Å². The average molecular weight is 297 g/mol. The zero-order valence-electron chi connectivity index (χ0n) is 13.6. The second kappa shape index (κ2) is 9.77. The first kappa shape index (κ1) is 18.0. The first-order valence-electron chi connectivity index (χ1n) is 8.31. The van der Waals surface area contributed by atoms with Crippen molar-refractivity contribution in [1.29, 1.82) is 0 Å². The lowest BCUT2D eigenvalue weighted by Crippen LogP contribution is -2.38. The van der Waals surface area contributed by atoms with E-state index < -0.39 is 0 Å². The fourth-order valence-corrected chi connectivity index (χ4v) is 2.65. The summed E-state index contributed by atoms with van der Waals surface area (Å²) in [6.07, 6.45) is 6.62. The summed E-state index contributed by atoms with van der Waals surface area (Å²) in [5.74, 6) is 0.208. The third-order valence-electron chi connectivity index (χ3n) is 4.09. The first-order valence-corrected chi connectivity index (χ1v) is 8.31. The van der Waals surface area contributed by atoms with E-state index in [2.05, 4.69) is 5.32 Å². The third kappa shape index (κ3) is 7.46. The molecule has 1 fully saturated rings. The molecule has 2 unspecified atom stereocenters. The third-order valence-corrected chi connectivity index (χ3v) is 4.09. The maximum Gasteiger partial charge on any atom is 0.224 e. The van der Waals surface area contributed by atoms with E-state index in [1.54, 1.807) is 0 Å². The summed E-state index contributed by atoms with van der Waals surface area (Å²) in [5.41, 5.74) is 5.70. The van der Waals surface area contributed by atoms with Crippen molar-refractivity contribution in [3.63, 3.8) is 0 Å². The Kier molecular flexibility index (Phi) is 8.35. The van der Waals surface area contributed by atoms with E-state index >= 15 is 0 Å². The van der Waals surface area contributed by atoms with Crippen molar-refractivity contribution in [3.05, 3.63) is 0 Å². The molecular weight excluding hydrogens is 266 g/mol. The van der Waals surface area contributed by atoms with Gasteiger partial charge in [-0.15, -0.1) is 0 Å². The molecule has 0 aliphatic carbocycles. The normalized spacial score (nSPS) is 18.1. The van der Waals surface area contributed by atoms with E-state index in [0.717, 1.165) is 45.2 Å². The molecule has 1 heterocycles. The molecule has 2 atom stereocenters. The van der Waals surface area contributed by atoms with Gasteiger partial charge in [-0.25, -0.2) is 0 Å². The molecule has 0 saturated carbocycles. The van der Waals surface area contributed by atoms with Crippen LogP contribution in [0.15, 0.2) is 0 Å². The molecule has 1 aliphatic heterocycles. The van der Waals surface area contributed by atoms with Crippen LogP contribution in [0, 0.1) is 5.92 Å². The van der Waals surface area contributed by atoms with Gasteiger partial charge in [0, 0.05) is 38.0 Å². The van der Waals surface area contributed by atoms with Crippen molar-refractivity contribution in [2.24, 2.45) is 11.7 Å². The number of nitrogens with two attached hydrogens (primary N) is 1. The zero-order chi connectivity index (χ0) is 15.7. The molecule has 0 aromatic heterocycles. The summed E-state index contributed by atoms with van der Waals surface area (Å²) >= 11 is 0. The highest BCUT2D eigenvalue weighted by Gasteiger charge is 2.17. The van der Waals surface area contributed by atoms with Crippen molar-refractivity contribution in [3.8, 4) is 0 Å². The molecule has 1 rings (SSSR count). The van der Waals surface area contributed by atoms with E-state index in [1.807, 2.05) is 18.7 Å². The lowest BCUT2D eigenvalue weighted by molar-refractivity contribution is -0.132. The quantitative estimate of drug-likeness (QED) is 0.715. The molecule has 122 valence electrons. The van der Waals surface area contributed by atoms with Crippen LogP contribution in [0.2, 0.25) is 0 Å². The summed E-state index contributed by atoms with van der Waals surface area (Å²) in [5, 5.41) is 2.87. The number of nitrogens with one attached hydrogen (secondary N) is 1. The molecule has 1 saturated heterocycles. The summed E-state index contributed by atoms with van der Waals surface area (Å²) in [4.78, 5) is 25.8. The van der Waals surface area contributed by atoms with E-state index in [0.29, 0.717) is 13.0 Å². The maximum absolute atomic E-state index is 12.0. The molecular formula is C16H31N3O2. The fraction of sp³-hybridized carbons (Fsp3) is 0.875. The van der Waals surface area contributed by atoms with Crippen LogP contribution in [0.4, 0.5) is 0 Å². The van der Waals surface area contributed by atoms with Gasteiger partial charge >= 0.3 is 0 Å². The van der Waals surface area contributed by atoms with Crippen LogP contribution in [0.25, 0.3) is 0 Å². The lowest BCUT2D eigenvalue weighted by Gasteiger charge is -2.26. The number of carbonyl (C=O) groups is 2. The molecule has 0 bridgehead atoms. The van der Waals surface area contributed by atoms with Gasteiger partial charge in [-0.2, -0.15) is 0 Å². The molecule has 21 heavy (non-hydrogen) atoms. The van der Waals surface area contributed by atoms with Gasteiger partial charge in [0.2, 0.25) is 11.8 Å². The van der Waals surface area contributed by atoms with E-state index in [9.17, 15) is 9.59 Å². The van der Waals surface area contributed by atoms with Crippen LogP contribution in [0.1, 0.15) is 58.8 Å². The van der Waals surface area contributed by atoms with E-state index in [-0.39, 0.29) is 23.8 Å². The second-order valence-corrected chi connectivity index (χ2v) is 6.29. The van der Waals surface area contributed by atoms with Crippen molar-refractivity contribution < 1.29 is 9.59 Å². The Morgan fingerprint density at radius 2 is 1.81 bits per heavy atom.